The van der Waals surface area contributed by atoms with Gasteiger partial charge in [-0.25, -0.2) is 25.3 Å². The fourth-order valence-corrected chi connectivity index (χ4v) is 0.385. The van der Waals surface area contributed by atoms with Gasteiger partial charge in [-0.2, -0.15) is 39.5 Å². The predicted octanol–water partition coefficient (Wildman–Crippen LogP) is 1.42. The number of halogens is 9. The molecule has 0 aromatic heterocycles. The molecule has 0 bridgehead atoms. The average Bonchev–Trinajstić information content (AvgIpc) is 2.42. The number of rotatable bonds is 3. The van der Waals surface area contributed by atoms with Crippen molar-refractivity contribution >= 4 is 30.4 Å². The number of hydrogen-bond donors (Lipinski definition) is 5. The van der Waals surface area contributed by atoms with Crippen molar-refractivity contribution in [3.05, 3.63) is 0 Å². The van der Waals surface area contributed by atoms with Crippen molar-refractivity contribution < 1.29 is 103 Å². The van der Waals surface area contributed by atoms with Gasteiger partial charge in [0.15, 0.2) is 30.4 Å². The Labute approximate surface area is 219 Å². The van der Waals surface area contributed by atoms with Crippen LogP contribution in [0.3, 0.4) is 0 Å². The van der Waals surface area contributed by atoms with Crippen LogP contribution >= 0.6 is 0 Å². The molecule has 1 atom stereocenters. The molecule has 37 heavy (non-hydrogen) atoms. The SMILES string of the molecule is COC[C@@H](N)C(C)C.N.N.N.N.O=S(=O)([O-])C(F)(F)F.O=S(=O)([O-])C(F)(F)F.O=S(=O)([O-])C(F)(F)F.[Os]. The second-order valence-electron chi connectivity index (χ2n) is 5.06. The minimum atomic E-state index is -6.09. The van der Waals surface area contributed by atoms with E-state index in [9.17, 15) is 39.5 Å². The molecule has 0 radical (unpaired) electrons. The third-order valence-corrected chi connectivity index (χ3v) is 3.77. The molecule has 0 fully saturated rings. The first-order valence-electron chi connectivity index (χ1n) is 6.74. The van der Waals surface area contributed by atoms with Gasteiger partial charge in [-0.15, -0.1) is 0 Å². The first-order valence-corrected chi connectivity index (χ1v) is 11.0. The maximum atomic E-state index is 10.7. The Morgan fingerprint density at radius 1 is 0.649 bits per heavy atom. The van der Waals surface area contributed by atoms with Crippen molar-refractivity contribution in [3.8, 4) is 0 Å². The Balaban J connectivity index is -0.0000000386. The summed E-state index contributed by atoms with van der Waals surface area (Å²) in [4.78, 5) is 0. The van der Waals surface area contributed by atoms with E-state index in [0.29, 0.717) is 12.5 Å². The summed E-state index contributed by atoms with van der Waals surface area (Å²) < 4.78 is 182. The first kappa shape index (κ1) is 60.8. The maximum absolute atomic E-state index is 10.7. The molecule has 0 rings (SSSR count). The van der Waals surface area contributed by atoms with Crippen molar-refractivity contribution in [3.63, 3.8) is 0 Å². The summed E-state index contributed by atoms with van der Waals surface area (Å²) in [6.07, 6.45) is 0. The number of alkyl halides is 9. The Kier molecular flexibility index (Phi) is 36.7. The second kappa shape index (κ2) is 22.3. The van der Waals surface area contributed by atoms with Gasteiger partial charge in [-0.05, 0) is 5.92 Å². The maximum Gasteiger partial charge on any atom is 0.485 e. The molecule has 0 saturated carbocycles. The van der Waals surface area contributed by atoms with E-state index in [-0.39, 0.29) is 50.4 Å². The fourth-order valence-electron chi connectivity index (χ4n) is 0.385. The van der Waals surface area contributed by atoms with Crippen LogP contribution in [0, 0.1) is 5.92 Å². The number of ether oxygens (including phenoxy) is 1. The number of methoxy groups -OCH3 is 1. The molecule has 0 aromatic carbocycles. The summed E-state index contributed by atoms with van der Waals surface area (Å²) in [5, 5.41) is 0. The van der Waals surface area contributed by atoms with Gasteiger partial charge in [0, 0.05) is 32.9 Å². The quantitative estimate of drug-likeness (QED) is 0.153. The molecule has 0 aliphatic carbocycles. The Morgan fingerprint density at radius 2 is 0.784 bits per heavy atom. The Morgan fingerprint density at radius 3 is 0.811 bits per heavy atom. The fraction of sp³-hybridized carbons (Fsp3) is 1.00. The molecule has 14 N–H and O–H groups in total. The van der Waals surface area contributed by atoms with E-state index in [0.717, 1.165) is 0 Å². The van der Waals surface area contributed by atoms with E-state index in [2.05, 4.69) is 13.8 Å². The van der Waals surface area contributed by atoms with Crippen LogP contribution in [-0.4, -0.2) is 75.2 Å². The molecular weight excluding hydrogens is 796 g/mol. The molecule has 0 amide bonds. The zero-order valence-electron chi connectivity index (χ0n) is 18.8. The molecule has 0 saturated heterocycles. The van der Waals surface area contributed by atoms with Gasteiger partial charge in [0.2, 0.25) is 0 Å². The van der Waals surface area contributed by atoms with Crippen molar-refractivity contribution in [1.29, 1.82) is 0 Å². The van der Waals surface area contributed by atoms with Crippen LogP contribution in [0.25, 0.3) is 0 Å². The van der Waals surface area contributed by atoms with E-state index in [1.54, 1.807) is 7.11 Å². The topological polar surface area (TPSA) is 347 Å². The largest absolute Gasteiger partial charge is 0.741 e. The third-order valence-electron chi connectivity index (χ3n) is 2.07. The summed E-state index contributed by atoms with van der Waals surface area (Å²) >= 11 is 0. The molecule has 0 unspecified atom stereocenters. The number of nitrogens with two attached hydrogens (primary N) is 1. The summed E-state index contributed by atoms with van der Waals surface area (Å²) in [7, 11) is -16.6. The van der Waals surface area contributed by atoms with Crippen molar-refractivity contribution in [2.24, 2.45) is 11.7 Å². The first-order chi connectivity index (χ1) is 13.4. The van der Waals surface area contributed by atoms with Crippen molar-refractivity contribution in [1.82, 2.24) is 24.6 Å². The van der Waals surface area contributed by atoms with Gasteiger partial charge < -0.3 is 48.7 Å². The molecule has 0 spiro atoms. The number of hydrogen-bond acceptors (Lipinski definition) is 15. The monoisotopic (exact) mass is 824 g/mol. The molecule has 15 nitrogen and oxygen atoms in total. The molecular formula is C9H27F9N5O10OsS3-3. The van der Waals surface area contributed by atoms with Crippen molar-refractivity contribution in [2.45, 2.75) is 36.4 Å². The second-order valence-corrected chi connectivity index (χ2v) is 9.18. The summed E-state index contributed by atoms with van der Waals surface area (Å²) in [6.45, 7) is 4.84. The normalized spacial score (nSPS) is 12.2. The van der Waals surface area contributed by atoms with Crippen LogP contribution in [0.4, 0.5) is 39.5 Å². The zero-order valence-corrected chi connectivity index (χ0v) is 23.8. The summed E-state index contributed by atoms with van der Waals surface area (Å²) in [5.41, 5.74) is -11.3. The van der Waals surface area contributed by atoms with Crippen LogP contribution in [-0.2, 0) is 54.9 Å². The van der Waals surface area contributed by atoms with Crippen LogP contribution in [0.5, 0.6) is 0 Å². The molecule has 28 heteroatoms. The standard InChI is InChI=1S/C6H15NO.3CHF3O3S.4H3N.Os/c1-5(2)6(7)4-8-3;3*2-1(3,4)8(5,6)7;;;;;/h5-6H,4,7H2,1-3H3;3*(H,5,6,7);4*1H3;/p-3/t6-;;;;;;;;/m1......../s1. The van der Waals surface area contributed by atoms with Gasteiger partial charge in [0.05, 0.1) is 6.61 Å². The van der Waals surface area contributed by atoms with E-state index >= 15 is 0 Å². The van der Waals surface area contributed by atoms with Crippen molar-refractivity contribution in [2.75, 3.05) is 13.7 Å². The van der Waals surface area contributed by atoms with Crippen LogP contribution in [0.2, 0.25) is 0 Å². The third kappa shape index (κ3) is 35.5. The minimum Gasteiger partial charge on any atom is -0.741 e. The summed E-state index contributed by atoms with van der Waals surface area (Å²) in [6, 6.07) is 0.194. The van der Waals surface area contributed by atoms with E-state index in [1.807, 2.05) is 0 Å². The van der Waals surface area contributed by atoms with Gasteiger partial charge in [-0.1, -0.05) is 13.8 Å². The molecule has 0 heterocycles. The Bertz CT molecular complexity index is 751. The van der Waals surface area contributed by atoms with Gasteiger partial charge in [0.25, 0.3) is 0 Å². The van der Waals surface area contributed by atoms with Gasteiger partial charge in [0.1, 0.15) is 0 Å². The zero-order chi connectivity index (χ0) is 27.6. The van der Waals surface area contributed by atoms with E-state index < -0.39 is 46.9 Å². The smallest absolute Gasteiger partial charge is 0.485 e. The molecule has 240 valence electrons. The molecule has 0 aliphatic heterocycles. The minimum absolute atomic E-state index is 0. The van der Waals surface area contributed by atoms with Crippen LogP contribution < -0.4 is 30.3 Å². The van der Waals surface area contributed by atoms with Crippen LogP contribution in [0.15, 0.2) is 0 Å². The predicted molar refractivity (Wildman–Crippen MR) is 102 cm³/mol. The van der Waals surface area contributed by atoms with E-state index in [1.165, 1.54) is 0 Å². The summed E-state index contributed by atoms with van der Waals surface area (Å²) in [5.74, 6) is 0.523. The van der Waals surface area contributed by atoms with Gasteiger partial charge in [-0.3, -0.25) is 0 Å². The van der Waals surface area contributed by atoms with Gasteiger partial charge >= 0.3 is 16.5 Å². The average molecular weight is 823 g/mol. The molecule has 0 aromatic rings. The van der Waals surface area contributed by atoms with E-state index in [4.69, 9.17) is 49.4 Å². The van der Waals surface area contributed by atoms with Crippen LogP contribution in [0.1, 0.15) is 13.8 Å². The molecule has 0 aliphatic rings. The Hall–Kier alpha value is -0.504.